The topological polar surface area (TPSA) is 139 Å². The first-order chi connectivity index (χ1) is 18.2. The number of aromatic hydroxyl groups is 1. The monoisotopic (exact) mass is 517 g/mol. The lowest BCUT2D eigenvalue weighted by Crippen LogP contribution is -2.36. The van der Waals surface area contributed by atoms with Crippen LogP contribution in [0, 0.1) is 0 Å². The highest BCUT2D eigenvalue weighted by Gasteiger charge is 2.30. The van der Waals surface area contributed by atoms with Crippen LogP contribution in [0.25, 0.3) is 22.6 Å². The van der Waals surface area contributed by atoms with Crippen molar-refractivity contribution in [3.8, 4) is 17.0 Å². The number of nitrogens with zero attached hydrogens (tertiary/aromatic N) is 6. The summed E-state index contributed by atoms with van der Waals surface area (Å²) in [5.41, 5.74) is 6.39. The minimum Gasteiger partial charge on any atom is -0.507 e. The number of fused-ring (bicyclic) bond motifs is 4. The standard InChI is InChI=1S/C25H23N7O4S/c33-19-5-2-1-4-17(19)25(34)29-28-21-18-14-15(37-13-3-8-32-9-11-35-12-10-32)6-7-16(18)20-22(21)27-24-23(26-20)30-36-31-24/h1-2,4-7,14,33H,3,8-13H2,(H,29,34)/b28-21-. The molecule has 12 heteroatoms. The largest absolute Gasteiger partial charge is 0.507 e. The molecule has 0 unspecified atom stereocenters. The molecular formula is C25H23N7O4S. The van der Waals surface area contributed by atoms with E-state index < -0.39 is 5.91 Å². The summed E-state index contributed by atoms with van der Waals surface area (Å²) in [6, 6.07) is 12.4. The Kier molecular flexibility index (Phi) is 6.51. The number of hydrazone groups is 1. The second-order valence-electron chi connectivity index (χ2n) is 8.61. The SMILES string of the molecule is O=C(N/N=C1/c2cc(SCCCN3CCOCC3)ccc2-c2nc3nonc3nc21)c1ccccc1O. The molecule has 2 N–H and O–H groups in total. The van der Waals surface area contributed by atoms with E-state index in [9.17, 15) is 9.90 Å². The number of phenols is 1. The van der Waals surface area contributed by atoms with Crippen molar-refractivity contribution in [2.75, 3.05) is 38.6 Å². The molecule has 1 fully saturated rings. The molecule has 0 saturated carbocycles. The van der Waals surface area contributed by atoms with Crippen LogP contribution >= 0.6 is 11.8 Å². The van der Waals surface area contributed by atoms with E-state index in [2.05, 4.69) is 41.8 Å². The first kappa shape index (κ1) is 23.5. The lowest BCUT2D eigenvalue weighted by Gasteiger charge is -2.26. The van der Waals surface area contributed by atoms with Crippen LogP contribution in [0.5, 0.6) is 5.75 Å². The number of carbonyl (C=O) groups excluding carboxylic acids is 1. The Hall–Kier alpha value is -3.87. The molecule has 0 spiro atoms. The number of hydrogen-bond donors (Lipinski definition) is 2. The number of aromatic nitrogens is 4. The van der Waals surface area contributed by atoms with E-state index in [1.165, 1.54) is 12.1 Å². The molecule has 0 radical (unpaired) electrons. The average molecular weight is 518 g/mol. The second kappa shape index (κ2) is 10.2. The van der Waals surface area contributed by atoms with E-state index >= 15 is 0 Å². The summed E-state index contributed by atoms with van der Waals surface area (Å²) in [6.45, 7) is 4.63. The molecule has 3 heterocycles. The van der Waals surface area contributed by atoms with E-state index in [4.69, 9.17) is 9.37 Å². The minimum atomic E-state index is -0.536. The zero-order valence-electron chi connectivity index (χ0n) is 19.8. The highest BCUT2D eigenvalue weighted by Crippen LogP contribution is 2.37. The summed E-state index contributed by atoms with van der Waals surface area (Å²) in [5.74, 6) is 0.309. The molecule has 37 heavy (non-hydrogen) atoms. The van der Waals surface area contributed by atoms with Crippen LogP contribution in [0.3, 0.4) is 0 Å². The predicted molar refractivity (Wildman–Crippen MR) is 137 cm³/mol. The molecule has 11 nitrogen and oxygen atoms in total. The third-order valence-corrected chi connectivity index (χ3v) is 7.33. The molecule has 1 amide bonds. The fourth-order valence-electron chi connectivity index (χ4n) is 4.38. The summed E-state index contributed by atoms with van der Waals surface area (Å²) < 4.78 is 10.2. The lowest BCUT2D eigenvalue weighted by molar-refractivity contribution is 0.0381. The van der Waals surface area contributed by atoms with Gasteiger partial charge in [-0.2, -0.15) is 5.10 Å². The summed E-state index contributed by atoms with van der Waals surface area (Å²) in [4.78, 5) is 25.4. The fraction of sp³-hybridized carbons (Fsp3) is 0.280. The summed E-state index contributed by atoms with van der Waals surface area (Å²) in [5, 5.41) is 22.1. The van der Waals surface area contributed by atoms with Gasteiger partial charge in [0.05, 0.1) is 18.8 Å². The molecule has 0 atom stereocenters. The maximum Gasteiger partial charge on any atom is 0.275 e. The average Bonchev–Trinajstić information content (AvgIpc) is 3.50. The number of carbonyl (C=O) groups is 1. The molecule has 2 aliphatic rings. The number of amides is 1. The van der Waals surface area contributed by atoms with Gasteiger partial charge < -0.3 is 9.84 Å². The van der Waals surface area contributed by atoms with Gasteiger partial charge in [0.2, 0.25) is 11.3 Å². The minimum absolute atomic E-state index is 0.122. The molecule has 4 aromatic rings. The van der Waals surface area contributed by atoms with Crippen LogP contribution in [0.2, 0.25) is 0 Å². The van der Waals surface area contributed by atoms with Gasteiger partial charge in [-0.15, -0.1) is 11.8 Å². The van der Waals surface area contributed by atoms with Crippen molar-refractivity contribution in [3.05, 3.63) is 59.3 Å². The Morgan fingerprint density at radius 2 is 1.84 bits per heavy atom. The van der Waals surface area contributed by atoms with E-state index in [1.54, 1.807) is 23.9 Å². The van der Waals surface area contributed by atoms with Crippen LogP contribution in [0.15, 0.2) is 57.1 Å². The quantitative estimate of drug-likeness (QED) is 0.188. The van der Waals surface area contributed by atoms with E-state index in [1.807, 2.05) is 12.1 Å². The molecule has 1 aliphatic carbocycles. The lowest BCUT2D eigenvalue weighted by atomic mass is 10.1. The summed E-state index contributed by atoms with van der Waals surface area (Å²) >= 11 is 1.77. The number of hydrogen-bond acceptors (Lipinski definition) is 11. The number of morpholine rings is 1. The maximum atomic E-state index is 12.7. The van der Waals surface area contributed by atoms with Gasteiger partial charge in [0, 0.05) is 29.1 Å². The molecule has 1 saturated heterocycles. The van der Waals surface area contributed by atoms with Gasteiger partial charge in [0.1, 0.15) is 22.8 Å². The van der Waals surface area contributed by atoms with Crippen molar-refractivity contribution in [2.45, 2.75) is 11.3 Å². The molecule has 1 aliphatic heterocycles. The zero-order valence-corrected chi connectivity index (χ0v) is 20.6. The van der Waals surface area contributed by atoms with Crippen LogP contribution in [0.4, 0.5) is 0 Å². The normalized spacial score (nSPS) is 16.2. The highest BCUT2D eigenvalue weighted by molar-refractivity contribution is 7.99. The van der Waals surface area contributed by atoms with Gasteiger partial charge >= 0.3 is 0 Å². The predicted octanol–water partition coefficient (Wildman–Crippen LogP) is 2.70. The van der Waals surface area contributed by atoms with E-state index in [0.717, 1.165) is 61.0 Å². The molecular weight excluding hydrogens is 494 g/mol. The number of para-hydroxylation sites is 1. The molecule has 188 valence electrons. The van der Waals surface area contributed by atoms with E-state index in [0.29, 0.717) is 22.7 Å². The van der Waals surface area contributed by atoms with Crippen LogP contribution < -0.4 is 5.43 Å². The molecule has 2 aromatic carbocycles. The number of phenolic OH excluding ortho intramolecular Hbond substituents is 1. The van der Waals surface area contributed by atoms with Crippen molar-refractivity contribution >= 4 is 34.7 Å². The summed E-state index contributed by atoms with van der Waals surface area (Å²) in [7, 11) is 0. The number of benzene rings is 2. The number of ether oxygens (including phenoxy) is 1. The van der Waals surface area contributed by atoms with Crippen molar-refractivity contribution in [1.82, 2.24) is 30.6 Å². The van der Waals surface area contributed by atoms with Crippen molar-refractivity contribution < 1.29 is 19.3 Å². The maximum absolute atomic E-state index is 12.7. The third kappa shape index (κ3) is 4.78. The Morgan fingerprint density at radius 1 is 1.05 bits per heavy atom. The Balaban J connectivity index is 1.26. The van der Waals surface area contributed by atoms with Gasteiger partial charge in [0.25, 0.3) is 5.91 Å². The van der Waals surface area contributed by atoms with Crippen LogP contribution in [-0.2, 0) is 4.74 Å². The first-order valence-electron chi connectivity index (χ1n) is 11.9. The summed E-state index contributed by atoms with van der Waals surface area (Å²) in [6.07, 6.45) is 1.07. The van der Waals surface area contributed by atoms with Gasteiger partial charge in [-0.25, -0.2) is 20.0 Å². The molecule has 0 bridgehead atoms. The van der Waals surface area contributed by atoms with Gasteiger partial charge in [-0.05, 0) is 53.3 Å². The first-order valence-corrected chi connectivity index (χ1v) is 12.9. The Labute approximate surface area is 215 Å². The number of thioether (sulfide) groups is 1. The van der Waals surface area contributed by atoms with Crippen LogP contribution in [0.1, 0.15) is 28.0 Å². The van der Waals surface area contributed by atoms with Crippen molar-refractivity contribution in [3.63, 3.8) is 0 Å². The Bertz CT molecular complexity index is 1500. The smallest absolute Gasteiger partial charge is 0.275 e. The fourth-order valence-corrected chi connectivity index (χ4v) is 5.26. The number of rotatable bonds is 7. The van der Waals surface area contributed by atoms with Gasteiger partial charge in [-0.3, -0.25) is 9.69 Å². The van der Waals surface area contributed by atoms with Gasteiger partial charge in [-0.1, -0.05) is 18.2 Å². The number of nitrogens with one attached hydrogen (secondary N) is 1. The Morgan fingerprint density at radius 3 is 2.65 bits per heavy atom. The second-order valence-corrected chi connectivity index (χ2v) is 9.78. The third-order valence-electron chi connectivity index (χ3n) is 6.25. The van der Waals surface area contributed by atoms with Gasteiger partial charge in [0.15, 0.2) is 0 Å². The highest BCUT2D eigenvalue weighted by atomic mass is 32.2. The van der Waals surface area contributed by atoms with Crippen molar-refractivity contribution in [2.24, 2.45) is 5.10 Å². The molecule has 2 aromatic heterocycles. The molecule has 6 rings (SSSR count). The van der Waals surface area contributed by atoms with Crippen molar-refractivity contribution in [1.29, 1.82) is 0 Å². The van der Waals surface area contributed by atoms with Crippen LogP contribution in [-0.4, -0.2) is 80.5 Å². The zero-order chi connectivity index (χ0) is 25.2. The van der Waals surface area contributed by atoms with E-state index in [-0.39, 0.29) is 17.0 Å².